The van der Waals surface area contributed by atoms with Gasteiger partial charge in [0, 0.05) is 11.8 Å². The van der Waals surface area contributed by atoms with Crippen molar-refractivity contribution in [2.45, 2.75) is 37.0 Å². The second-order valence-corrected chi connectivity index (χ2v) is 7.43. The zero-order valence-electron chi connectivity index (χ0n) is 12.1. The van der Waals surface area contributed by atoms with Gasteiger partial charge in [0.2, 0.25) is 0 Å². The first kappa shape index (κ1) is 15.5. The molecule has 114 valence electrons. The van der Waals surface area contributed by atoms with Gasteiger partial charge in [-0.15, -0.1) is 0 Å². The van der Waals surface area contributed by atoms with Gasteiger partial charge in [-0.1, -0.05) is 12.5 Å². The number of guanidine groups is 1. The number of hydrogen-bond donors (Lipinski definition) is 2. The van der Waals surface area contributed by atoms with Crippen LogP contribution in [0.3, 0.4) is 0 Å². The standard InChI is InChI=1S/C14H19N3O3S/c1-8-6-11(9-4-3-5-9)12(21(2,19)20)7-10(8)13(18)17-14(15)16/h6-7,9H,3-5H2,1-2H3,(H4,15,16,17,18). The molecule has 0 unspecified atom stereocenters. The highest BCUT2D eigenvalue weighted by atomic mass is 32.2. The molecular weight excluding hydrogens is 290 g/mol. The van der Waals surface area contributed by atoms with Gasteiger partial charge in [-0.25, -0.2) is 8.42 Å². The van der Waals surface area contributed by atoms with Crippen molar-refractivity contribution in [1.29, 1.82) is 0 Å². The number of carbonyl (C=O) groups is 1. The van der Waals surface area contributed by atoms with Crippen molar-refractivity contribution in [3.05, 3.63) is 28.8 Å². The number of carbonyl (C=O) groups excluding carboxylic acids is 1. The number of nitrogens with zero attached hydrogens (tertiary/aromatic N) is 1. The van der Waals surface area contributed by atoms with Gasteiger partial charge < -0.3 is 11.5 Å². The molecule has 0 atom stereocenters. The normalized spacial score (nSPS) is 15.3. The monoisotopic (exact) mass is 309 g/mol. The van der Waals surface area contributed by atoms with Gasteiger partial charge >= 0.3 is 0 Å². The van der Waals surface area contributed by atoms with E-state index in [4.69, 9.17) is 11.5 Å². The molecule has 1 aliphatic carbocycles. The average Bonchev–Trinajstić information content (AvgIpc) is 2.23. The van der Waals surface area contributed by atoms with E-state index in [9.17, 15) is 13.2 Å². The van der Waals surface area contributed by atoms with Crippen LogP contribution in [0.25, 0.3) is 0 Å². The molecule has 2 rings (SSSR count). The van der Waals surface area contributed by atoms with Gasteiger partial charge in [-0.3, -0.25) is 4.79 Å². The quantitative estimate of drug-likeness (QED) is 0.640. The smallest absolute Gasteiger partial charge is 0.280 e. The molecular formula is C14H19N3O3S. The van der Waals surface area contributed by atoms with Crippen molar-refractivity contribution in [3.63, 3.8) is 0 Å². The molecule has 7 heteroatoms. The van der Waals surface area contributed by atoms with Crippen LogP contribution in [-0.2, 0) is 9.84 Å². The van der Waals surface area contributed by atoms with E-state index in [-0.39, 0.29) is 22.3 Å². The second kappa shape index (κ2) is 5.48. The highest BCUT2D eigenvalue weighted by Gasteiger charge is 2.27. The number of sulfone groups is 1. The molecule has 1 aliphatic rings. The average molecular weight is 309 g/mol. The zero-order valence-corrected chi connectivity index (χ0v) is 12.9. The summed E-state index contributed by atoms with van der Waals surface area (Å²) in [6, 6.07) is 3.17. The van der Waals surface area contributed by atoms with E-state index in [2.05, 4.69) is 4.99 Å². The fraction of sp³-hybridized carbons (Fsp3) is 0.429. The minimum absolute atomic E-state index is 0.201. The molecule has 0 aliphatic heterocycles. The van der Waals surface area contributed by atoms with Crippen molar-refractivity contribution in [3.8, 4) is 0 Å². The topological polar surface area (TPSA) is 116 Å². The molecule has 0 radical (unpaired) electrons. The molecule has 0 aromatic heterocycles. The third-order valence-electron chi connectivity index (χ3n) is 3.76. The summed E-state index contributed by atoms with van der Waals surface area (Å²) in [6.45, 7) is 1.75. The van der Waals surface area contributed by atoms with Crippen molar-refractivity contribution >= 4 is 21.7 Å². The van der Waals surface area contributed by atoms with Crippen LogP contribution < -0.4 is 11.5 Å². The van der Waals surface area contributed by atoms with Crippen LogP contribution >= 0.6 is 0 Å². The Morgan fingerprint density at radius 2 is 1.90 bits per heavy atom. The van der Waals surface area contributed by atoms with Gasteiger partial charge in [0.15, 0.2) is 15.8 Å². The molecule has 21 heavy (non-hydrogen) atoms. The van der Waals surface area contributed by atoms with Crippen LogP contribution in [-0.4, -0.2) is 26.5 Å². The second-order valence-electron chi connectivity index (χ2n) is 5.45. The predicted molar refractivity (Wildman–Crippen MR) is 81.0 cm³/mol. The molecule has 1 amide bonds. The largest absolute Gasteiger partial charge is 0.370 e. The summed E-state index contributed by atoms with van der Waals surface area (Å²) in [4.78, 5) is 15.7. The van der Waals surface area contributed by atoms with Crippen molar-refractivity contribution < 1.29 is 13.2 Å². The lowest BCUT2D eigenvalue weighted by molar-refractivity contribution is 0.100. The Bertz CT molecular complexity index is 715. The van der Waals surface area contributed by atoms with Gasteiger partial charge in [0.05, 0.1) is 4.90 Å². The Labute approximate surface area is 124 Å². The van der Waals surface area contributed by atoms with Gasteiger partial charge in [-0.2, -0.15) is 4.99 Å². The Hall–Kier alpha value is -1.89. The number of nitrogens with two attached hydrogens (primary N) is 2. The van der Waals surface area contributed by atoms with Crippen LogP contribution in [0.2, 0.25) is 0 Å². The molecule has 4 N–H and O–H groups in total. The van der Waals surface area contributed by atoms with E-state index in [1.54, 1.807) is 13.0 Å². The maximum absolute atomic E-state index is 12.0. The van der Waals surface area contributed by atoms with Crippen LogP contribution in [0.5, 0.6) is 0 Å². The summed E-state index contributed by atoms with van der Waals surface area (Å²) >= 11 is 0. The Morgan fingerprint density at radius 3 is 2.33 bits per heavy atom. The minimum atomic E-state index is -3.42. The summed E-state index contributed by atoms with van der Waals surface area (Å²) in [5, 5.41) is 0. The fourth-order valence-corrected chi connectivity index (χ4v) is 3.46. The SMILES string of the molecule is Cc1cc(C2CCC2)c(S(C)(=O)=O)cc1C(=O)N=C(N)N. The van der Waals surface area contributed by atoms with Crippen molar-refractivity contribution in [2.24, 2.45) is 16.5 Å². The Balaban J connectivity index is 2.60. The number of benzene rings is 1. The van der Waals surface area contributed by atoms with Crippen molar-refractivity contribution in [2.75, 3.05) is 6.26 Å². The lowest BCUT2D eigenvalue weighted by Gasteiger charge is -2.28. The molecule has 6 nitrogen and oxygen atoms in total. The molecule has 1 fully saturated rings. The molecule has 1 aromatic rings. The van der Waals surface area contributed by atoms with Gasteiger partial charge in [0.25, 0.3) is 5.91 Å². The first-order valence-electron chi connectivity index (χ1n) is 6.68. The highest BCUT2D eigenvalue weighted by molar-refractivity contribution is 7.90. The lowest BCUT2D eigenvalue weighted by atomic mass is 9.79. The molecule has 1 aromatic carbocycles. The number of hydrogen-bond acceptors (Lipinski definition) is 3. The summed E-state index contributed by atoms with van der Waals surface area (Å²) in [5.41, 5.74) is 12.1. The molecule has 0 bridgehead atoms. The lowest BCUT2D eigenvalue weighted by Crippen LogP contribution is -2.24. The van der Waals surface area contributed by atoms with E-state index in [0.29, 0.717) is 5.56 Å². The first-order chi connectivity index (χ1) is 9.70. The first-order valence-corrected chi connectivity index (χ1v) is 8.58. The number of aryl methyl sites for hydroxylation is 1. The fourth-order valence-electron chi connectivity index (χ4n) is 2.48. The maximum atomic E-state index is 12.0. The van der Waals surface area contributed by atoms with Crippen molar-refractivity contribution in [1.82, 2.24) is 0 Å². The van der Waals surface area contributed by atoms with Crippen LogP contribution in [0.4, 0.5) is 0 Å². The summed E-state index contributed by atoms with van der Waals surface area (Å²) in [5.74, 6) is -0.721. The van der Waals surface area contributed by atoms with Crippen LogP contribution in [0.1, 0.15) is 46.7 Å². The predicted octanol–water partition coefficient (Wildman–Crippen LogP) is 1.08. The summed E-state index contributed by atoms with van der Waals surface area (Å²) in [6.07, 6.45) is 4.20. The minimum Gasteiger partial charge on any atom is -0.370 e. The maximum Gasteiger partial charge on any atom is 0.280 e. The van der Waals surface area contributed by atoms with E-state index < -0.39 is 15.7 Å². The summed E-state index contributed by atoms with van der Waals surface area (Å²) < 4.78 is 24.0. The Kier molecular flexibility index (Phi) is 4.04. The number of amides is 1. The number of rotatable bonds is 3. The van der Waals surface area contributed by atoms with Crippen LogP contribution in [0, 0.1) is 6.92 Å². The third kappa shape index (κ3) is 3.24. The molecule has 0 spiro atoms. The molecule has 1 saturated carbocycles. The Morgan fingerprint density at radius 1 is 1.29 bits per heavy atom. The van der Waals surface area contributed by atoms with Gasteiger partial charge in [-0.05, 0) is 42.9 Å². The van der Waals surface area contributed by atoms with Gasteiger partial charge in [0.1, 0.15) is 0 Å². The van der Waals surface area contributed by atoms with E-state index >= 15 is 0 Å². The zero-order chi connectivity index (χ0) is 15.8. The summed E-state index contributed by atoms with van der Waals surface area (Å²) in [7, 11) is -3.42. The van der Waals surface area contributed by atoms with E-state index in [0.717, 1.165) is 31.1 Å². The van der Waals surface area contributed by atoms with E-state index in [1.807, 2.05) is 0 Å². The van der Waals surface area contributed by atoms with E-state index in [1.165, 1.54) is 6.07 Å². The van der Waals surface area contributed by atoms with Crippen LogP contribution in [0.15, 0.2) is 22.0 Å². The number of aliphatic imine (C=N–C) groups is 1. The molecule has 0 saturated heterocycles. The molecule has 0 heterocycles. The third-order valence-corrected chi connectivity index (χ3v) is 4.91. The highest BCUT2D eigenvalue weighted by Crippen LogP contribution is 2.40.